The first-order valence-corrected chi connectivity index (χ1v) is 4.85. The van der Waals surface area contributed by atoms with Gasteiger partial charge in [0.25, 0.3) is 0 Å². The second kappa shape index (κ2) is 5.85. The molecule has 0 aliphatic carbocycles. The molecule has 0 atom stereocenters. The lowest BCUT2D eigenvalue weighted by Gasteiger charge is -2.10. The van der Waals surface area contributed by atoms with Crippen LogP contribution in [0.1, 0.15) is 6.42 Å². The number of benzene rings is 1. The molecule has 2 N–H and O–H groups in total. The summed E-state index contributed by atoms with van der Waals surface area (Å²) in [5.41, 5.74) is 0.805. The molecule has 0 unspecified atom stereocenters. The number of hydrogen-bond donors (Lipinski definition) is 2. The number of ether oxygens (including phenoxy) is 2. The fraction of sp³-hybridized carbons (Fsp3) is 0.364. The molecule has 16 heavy (non-hydrogen) atoms. The van der Waals surface area contributed by atoms with Crippen molar-refractivity contribution in [3.8, 4) is 11.5 Å². The molecule has 1 rings (SSSR count). The minimum Gasteiger partial charge on any atom is -0.493 e. The lowest BCUT2D eigenvalue weighted by atomic mass is 10.2. The summed E-state index contributed by atoms with van der Waals surface area (Å²) in [4.78, 5) is 10.3. The smallest absolute Gasteiger partial charge is 0.305 e. The fourth-order valence-corrected chi connectivity index (χ4v) is 1.26. The molecule has 0 saturated heterocycles. The van der Waals surface area contributed by atoms with Gasteiger partial charge in [0.15, 0.2) is 11.5 Å². The van der Waals surface area contributed by atoms with Crippen molar-refractivity contribution in [3.05, 3.63) is 18.2 Å². The second-order valence-corrected chi connectivity index (χ2v) is 3.14. The molecule has 0 aromatic heterocycles. The third-order valence-electron chi connectivity index (χ3n) is 2.05. The highest BCUT2D eigenvalue weighted by Crippen LogP contribution is 2.29. The number of hydrogen-bond acceptors (Lipinski definition) is 4. The van der Waals surface area contributed by atoms with E-state index >= 15 is 0 Å². The molecule has 0 bridgehead atoms. The molecule has 5 heteroatoms. The Balaban J connectivity index is 2.64. The maximum Gasteiger partial charge on any atom is 0.305 e. The van der Waals surface area contributed by atoms with E-state index < -0.39 is 5.97 Å². The van der Waals surface area contributed by atoms with Gasteiger partial charge in [0.05, 0.1) is 20.6 Å². The molecule has 5 nitrogen and oxygen atoms in total. The van der Waals surface area contributed by atoms with E-state index in [0.717, 1.165) is 5.69 Å². The van der Waals surface area contributed by atoms with Crippen LogP contribution in [0.4, 0.5) is 5.69 Å². The largest absolute Gasteiger partial charge is 0.493 e. The van der Waals surface area contributed by atoms with Gasteiger partial charge < -0.3 is 19.9 Å². The SMILES string of the molecule is COc1ccc(NCCC(=O)O)cc1OC. The molecule has 0 aliphatic rings. The van der Waals surface area contributed by atoms with Gasteiger partial charge in [-0.05, 0) is 12.1 Å². The molecule has 88 valence electrons. The van der Waals surface area contributed by atoms with Gasteiger partial charge in [-0.25, -0.2) is 0 Å². The maximum atomic E-state index is 10.3. The van der Waals surface area contributed by atoms with Crippen molar-refractivity contribution in [2.45, 2.75) is 6.42 Å². The van der Waals surface area contributed by atoms with Crippen molar-refractivity contribution >= 4 is 11.7 Å². The summed E-state index contributed by atoms with van der Waals surface area (Å²) < 4.78 is 10.2. The van der Waals surface area contributed by atoms with Gasteiger partial charge in [-0.3, -0.25) is 4.79 Å². The van der Waals surface area contributed by atoms with Crippen molar-refractivity contribution < 1.29 is 19.4 Å². The molecular weight excluding hydrogens is 210 g/mol. The Hall–Kier alpha value is -1.91. The first-order chi connectivity index (χ1) is 7.67. The van der Waals surface area contributed by atoms with Crippen LogP contribution in [0.15, 0.2) is 18.2 Å². The van der Waals surface area contributed by atoms with E-state index in [2.05, 4.69) is 5.32 Å². The van der Waals surface area contributed by atoms with E-state index in [0.29, 0.717) is 18.0 Å². The predicted molar refractivity (Wildman–Crippen MR) is 60.3 cm³/mol. The van der Waals surface area contributed by atoms with E-state index in [1.807, 2.05) is 6.07 Å². The van der Waals surface area contributed by atoms with Crippen LogP contribution in [0.25, 0.3) is 0 Å². The Morgan fingerprint density at radius 2 is 2.00 bits per heavy atom. The molecule has 0 fully saturated rings. The molecular formula is C11H15NO4. The highest BCUT2D eigenvalue weighted by molar-refractivity contribution is 5.67. The highest BCUT2D eigenvalue weighted by Gasteiger charge is 2.04. The maximum absolute atomic E-state index is 10.3. The zero-order valence-electron chi connectivity index (χ0n) is 9.32. The van der Waals surface area contributed by atoms with E-state index in [4.69, 9.17) is 14.6 Å². The normalized spacial score (nSPS) is 9.62. The molecule has 0 saturated carbocycles. The molecule has 0 aliphatic heterocycles. The van der Waals surface area contributed by atoms with Crippen LogP contribution in [0.3, 0.4) is 0 Å². The van der Waals surface area contributed by atoms with E-state index in [1.165, 1.54) is 0 Å². The molecule has 0 amide bonds. The zero-order chi connectivity index (χ0) is 12.0. The fourth-order valence-electron chi connectivity index (χ4n) is 1.26. The van der Waals surface area contributed by atoms with Gasteiger partial charge in [0.2, 0.25) is 0 Å². The van der Waals surface area contributed by atoms with Gasteiger partial charge in [-0.2, -0.15) is 0 Å². The summed E-state index contributed by atoms with van der Waals surface area (Å²) in [6, 6.07) is 5.34. The van der Waals surface area contributed by atoms with E-state index in [-0.39, 0.29) is 6.42 Å². The summed E-state index contributed by atoms with van der Waals surface area (Å²) in [6.45, 7) is 0.380. The monoisotopic (exact) mass is 225 g/mol. The Morgan fingerprint density at radius 1 is 1.31 bits per heavy atom. The van der Waals surface area contributed by atoms with Crippen LogP contribution in [0, 0.1) is 0 Å². The van der Waals surface area contributed by atoms with Crippen LogP contribution >= 0.6 is 0 Å². The molecule has 1 aromatic rings. The number of carboxylic acids is 1. The Labute approximate surface area is 94.0 Å². The number of methoxy groups -OCH3 is 2. The van der Waals surface area contributed by atoms with Crippen molar-refractivity contribution in [2.24, 2.45) is 0 Å². The summed E-state index contributed by atoms with van der Waals surface area (Å²) >= 11 is 0. The van der Waals surface area contributed by atoms with Crippen LogP contribution in [0.5, 0.6) is 11.5 Å². The number of carbonyl (C=O) groups is 1. The standard InChI is InChI=1S/C11H15NO4/c1-15-9-4-3-8(7-10(9)16-2)12-6-5-11(13)14/h3-4,7,12H,5-6H2,1-2H3,(H,13,14). The molecule has 1 aromatic carbocycles. The quantitative estimate of drug-likeness (QED) is 0.769. The van der Waals surface area contributed by atoms with Crippen molar-refractivity contribution in [1.82, 2.24) is 0 Å². The van der Waals surface area contributed by atoms with Crippen LogP contribution < -0.4 is 14.8 Å². The molecule has 0 heterocycles. The lowest BCUT2D eigenvalue weighted by Crippen LogP contribution is -2.07. The number of aliphatic carboxylic acids is 1. The molecule has 0 radical (unpaired) electrons. The van der Waals surface area contributed by atoms with Crippen molar-refractivity contribution in [2.75, 3.05) is 26.1 Å². The van der Waals surface area contributed by atoms with Crippen LogP contribution in [0.2, 0.25) is 0 Å². The molecule has 0 spiro atoms. The van der Waals surface area contributed by atoms with E-state index in [1.54, 1.807) is 26.4 Å². The summed E-state index contributed by atoms with van der Waals surface area (Å²) in [7, 11) is 3.12. The Kier molecular flexibility index (Phi) is 4.44. The highest BCUT2D eigenvalue weighted by atomic mass is 16.5. The predicted octanol–water partition coefficient (Wildman–Crippen LogP) is 1.59. The van der Waals surface area contributed by atoms with Gasteiger partial charge in [-0.1, -0.05) is 0 Å². The van der Waals surface area contributed by atoms with Crippen LogP contribution in [-0.2, 0) is 4.79 Å². The Bertz CT molecular complexity index is 365. The third-order valence-corrected chi connectivity index (χ3v) is 2.05. The van der Waals surface area contributed by atoms with Gasteiger partial charge >= 0.3 is 5.97 Å². The van der Waals surface area contributed by atoms with Crippen molar-refractivity contribution in [1.29, 1.82) is 0 Å². The Morgan fingerprint density at radius 3 is 2.56 bits per heavy atom. The first-order valence-electron chi connectivity index (χ1n) is 4.85. The average Bonchev–Trinajstić information content (AvgIpc) is 2.28. The minimum absolute atomic E-state index is 0.0777. The van der Waals surface area contributed by atoms with Crippen LogP contribution in [-0.4, -0.2) is 31.8 Å². The van der Waals surface area contributed by atoms with E-state index in [9.17, 15) is 4.79 Å². The van der Waals surface area contributed by atoms with Gasteiger partial charge in [0.1, 0.15) is 0 Å². The minimum atomic E-state index is -0.826. The van der Waals surface area contributed by atoms with Gasteiger partial charge in [-0.15, -0.1) is 0 Å². The summed E-state index contributed by atoms with van der Waals surface area (Å²) in [5, 5.41) is 11.5. The number of rotatable bonds is 6. The lowest BCUT2D eigenvalue weighted by molar-refractivity contribution is -0.136. The summed E-state index contributed by atoms with van der Waals surface area (Å²) in [5.74, 6) is 0.432. The number of anilines is 1. The third kappa shape index (κ3) is 3.34. The van der Waals surface area contributed by atoms with Gasteiger partial charge in [0, 0.05) is 18.3 Å². The number of carboxylic acid groups (broad SMARTS) is 1. The topological polar surface area (TPSA) is 67.8 Å². The summed E-state index contributed by atoms with van der Waals surface area (Å²) in [6.07, 6.45) is 0.0777. The first kappa shape index (κ1) is 12.2. The number of nitrogens with one attached hydrogen (secondary N) is 1. The second-order valence-electron chi connectivity index (χ2n) is 3.14. The average molecular weight is 225 g/mol. The zero-order valence-corrected chi connectivity index (χ0v) is 9.32. The van der Waals surface area contributed by atoms with Crippen molar-refractivity contribution in [3.63, 3.8) is 0 Å².